The summed E-state index contributed by atoms with van der Waals surface area (Å²) in [5.74, 6) is 0.0452. The smallest absolute Gasteiger partial charge is 0.396 e. The first kappa shape index (κ1) is 15.0. The van der Waals surface area contributed by atoms with Crippen LogP contribution in [-0.2, 0) is 0 Å². The zero-order valence-electron chi connectivity index (χ0n) is 9.27. The van der Waals surface area contributed by atoms with Crippen LogP contribution in [-0.4, -0.2) is 36.5 Å². The fourth-order valence-corrected chi connectivity index (χ4v) is 1.11. The van der Waals surface area contributed by atoms with Gasteiger partial charge in [0.25, 0.3) is 0 Å². The predicted octanol–water partition coefficient (Wildman–Crippen LogP) is 1.25. The summed E-state index contributed by atoms with van der Waals surface area (Å²) in [6.45, 7) is 2.14. The van der Waals surface area contributed by atoms with Gasteiger partial charge in [0.1, 0.15) is 6.54 Å². The van der Waals surface area contributed by atoms with Crippen molar-refractivity contribution in [2.45, 2.75) is 32.5 Å². The molecular formula is C9H17F3N2O2. The fraction of sp³-hybridized carbons (Fsp3) is 0.889. The largest absolute Gasteiger partial charge is 0.405 e. The van der Waals surface area contributed by atoms with Gasteiger partial charge in [0.15, 0.2) is 0 Å². The second-order valence-electron chi connectivity index (χ2n) is 3.80. The molecule has 0 bridgehead atoms. The lowest BCUT2D eigenvalue weighted by Crippen LogP contribution is -2.47. The highest BCUT2D eigenvalue weighted by Crippen LogP contribution is 2.12. The topological polar surface area (TPSA) is 61.4 Å². The van der Waals surface area contributed by atoms with Crippen molar-refractivity contribution >= 4 is 6.03 Å². The van der Waals surface area contributed by atoms with E-state index in [1.54, 1.807) is 5.32 Å². The van der Waals surface area contributed by atoms with Crippen LogP contribution >= 0.6 is 0 Å². The normalized spacial score (nSPS) is 13.7. The van der Waals surface area contributed by atoms with Crippen LogP contribution < -0.4 is 10.6 Å². The molecule has 7 heteroatoms. The minimum absolute atomic E-state index is 0.0452. The number of halogens is 3. The Bertz CT molecular complexity index is 219. The van der Waals surface area contributed by atoms with Gasteiger partial charge in [-0.15, -0.1) is 0 Å². The summed E-state index contributed by atoms with van der Waals surface area (Å²) in [6.07, 6.45) is -4.10. The Morgan fingerprint density at radius 2 is 1.94 bits per heavy atom. The highest BCUT2D eigenvalue weighted by Gasteiger charge is 2.28. The summed E-state index contributed by atoms with van der Waals surface area (Å²) in [6, 6.07) is -1.21. The minimum atomic E-state index is -4.42. The number of alkyl halides is 3. The van der Waals surface area contributed by atoms with Gasteiger partial charge in [-0.25, -0.2) is 4.79 Å². The maximum absolute atomic E-state index is 11.8. The third kappa shape index (κ3) is 7.33. The van der Waals surface area contributed by atoms with E-state index in [2.05, 4.69) is 5.32 Å². The number of hydrogen-bond donors (Lipinski definition) is 3. The third-order valence-electron chi connectivity index (χ3n) is 2.01. The lowest BCUT2D eigenvalue weighted by atomic mass is 10.0. The van der Waals surface area contributed by atoms with Crippen molar-refractivity contribution in [2.24, 2.45) is 5.92 Å². The first-order chi connectivity index (χ1) is 7.26. The summed E-state index contributed by atoms with van der Waals surface area (Å²) < 4.78 is 35.3. The average molecular weight is 242 g/mol. The number of nitrogens with one attached hydrogen (secondary N) is 2. The zero-order valence-corrected chi connectivity index (χ0v) is 9.27. The molecule has 0 radical (unpaired) electrons. The SMILES string of the molecule is CC(C)C(CCO)NC(=O)NCC(F)(F)F. The Balaban J connectivity index is 4.00. The van der Waals surface area contributed by atoms with E-state index in [9.17, 15) is 18.0 Å². The molecule has 0 spiro atoms. The molecule has 0 rings (SSSR count). The van der Waals surface area contributed by atoms with Crippen LogP contribution in [0.2, 0.25) is 0 Å². The van der Waals surface area contributed by atoms with Gasteiger partial charge < -0.3 is 15.7 Å². The minimum Gasteiger partial charge on any atom is -0.396 e. The van der Waals surface area contributed by atoms with Crippen LogP contribution in [0.4, 0.5) is 18.0 Å². The number of aliphatic hydroxyl groups is 1. The summed E-state index contributed by atoms with van der Waals surface area (Å²) in [4.78, 5) is 11.1. The van der Waals surface area contributed by atoms with Gasteiger partial charge in [-0.05, 0) is 12.3 Å². The molecule has 1 atom stereocenters. The Kier molecular flexibility index (Phi) is 6.17. The van der Waals surface area contributed by atoms with Crippen LogP contribution in [0.5, 0.6) is 0 Å². The molecule has 0 aromatic heterocycles. The van der Waals surface area contributed by atoms with Crippen LogP contribution in [0.3, 0.4) is 0 Å². The van der Waals surface area contributed by atoms with Crippen molar-refractivity contribution in [1.82, 2.24) is 10.6 Å². The van der Waals surface area contributed by atoms with E-state index in [-0.39, 0.29) is 18.6 Å². The number of carbonyl (C=O) groups excluding carboxylic acids is 1. The molecule has 0 heterocycles. The van der Waals surface area contributed by atoms with E-state index < -0.39 is 18.8 Å². The summed E-state index contributed by atoms with van der Waals surface area (Å²) in [7, 11) is 0. The molecule has 0 aromatic rings. The molecule has 96 valence electrons. The van der Waals surface area contributed by atoms with Crippen LogP contribution in [0.1, 0.15) is 20.3 Å². The number of aliphatic hydroxyl groups excluding tert-OH is 1. The van der Waals surface area contributed by atoms with Crippen LogP contribution in [0.15, 0.2) is 0 Å². The van der Waals surface area contributed by atoms with Gasteiger partial charge in [-0.2, -0.15) is 13.2 Å². The van der Waals surface area contributed by atoms with Gasteiger partial charge in [0, 0.05) is 12.6 Å². The van der Waals surface area contributed by atoms with Crippen molar-refractivity contribution in [3.8, 4) is 0 Å². The number of rotatable bonds is 5. The first-order valence-corrected chi connectivity index (χ1v) is 4.98. The van der Waals surface area contributed by atoms with Gasteiger partial charge in [-0.3, -0.25) is 0 Å². The summed E-state index contributed by atoms with van der Waals surface area (Å²) >= 11 is 0. The molecule has 0 aromatic carbocycles. The van der Waals surface area contributed by atoms with E-state index in [0.717, 1.165) is 0 Å². The van der Waals surface area contributed by atoms with Gasteiger partial charge >= 0.3 is 12.2 Å². The predicted molar refractivity (Wildman–Crippen MR) is 52.9 cm³/mol. The monoisotopic (exact) mass is 242 g/mol. The lowest BCUT2D eigenvalue weighted by Gasteiger charge is -2.21. The van der Waals surface area contributed by atoms with Crippen molar-refractivity contribution in [3.63, 3.8) is 0 Å². The van der Waals surface area contributed by atoms with E-state index in [4.69, 9.17) is 5.11 Å². The summed E-state index contributed by atoms with van der Waals surface area (Å²) in [5.41, 5.74) is 0. The molecule has 0 saturated carbocycles. The van der Waals surface area contributed by atoms with E-state index >= 15 is 0 Å². The Morgan fingerprint density at radius 3 is 2.31 bits per heavy atom. The van der Waals surface area contributed by atoms with E-state index in [0.29, 0.717) is 6.42 Å². The third-order valence-corrected chi connectivity index (χ3v) is 2.01. The maximum atomic E-state index is 11.8. The number of hydrogen-bond acceptors (Lipinski definition) is 2. The van der Waals surface area contributed by atoms with Gasteiger partial charge in [0.05, 0.1) is 0 Å². The molecule has 0 aliphatic carbocycles. The van der Waals surface area contributed by atoms with Crippen molar-refractivity contribution in [1.29, 1.82) is 0 Å². The molecular weight excluding hydrogens is 225 g/mol. The summed E-state index contributed by atoms with van der Waals surface area (Å²) in [5, 5.41) is 12.8. The van der Waals surface area contributed by atoms with Gasteiger partial charge in [0.2, 0.25) is 0 Å². The molecule has 0 fully saturated rings. The van der Waals surface area contributed by atoms with Crippen molar-refractivity contribution in [3.05, 3.63) is 0 Å². The molecule has 2 amide bonds. The molecule has 3 N–H and O–H groups in total. The fourth-order valence-electron chi connectivity index (χ4n) is 1.11. The maximum Gasteiger partial charge on any atom is 0.405 e. The highest BCUT2D eigenvalue weighted by atomic mass is 19.4. The molecule has 16 heavy (non-hydrogen) atoms. The number of urea groups is 1. The lowest BCUT2D eigenvalue weighted by molar-refractivity contribution is -0.122. The second kappa shape index (κ2) is 6.57. The molecule has 0 aliphatic rings. The Labute approximate surface area is 92.2 Å². The molecule has 0 saturated heterocycles. The average Bonchev–Trinajstić information content (AvgIpc) is 2.13. The van der Waals surface area contributed by atoms with Crippen molar-refractivity contribution in [2.75, 3.05) is 13.2 Å². The second-order valence-corrected chi connectivity index (χ2v) is 3.80. The van der Waals surface area contributed by atoms with Crippen LogP contribution in [0.25, 0.3) is 0 Å². The number of carbonyl (C=O) groups is 1. The Hall–Kier alpha value is -0.980. The zero-order chi connectivity index (χ0) is 12.8. The highest BCUT2D eigenvalue weighted by molar-refractivity contribution is 5.74. The molecule has 0 aliphatic heterocycles. The standard InChI is InChI=1S/C9H17F3N2O2/c1-6(2)7(3-4-15)14-8(16)13-5-9(10,11)12/h6-7,15H,3-5H2,1-2H3,(H2,13,14,16). The Morgan fingerprint density at radius 1 is 1.38 bits per heavy atom. The quantitative estimate of drug-likeness (QED) is 0.679. The molecule has 4 nitrogen and oxygen atoms in total. The molecule has 1 unspecified atom stereocenters. The number of amides is 2. The van der Waals surface area contributed by atoms with Crippen LogP contribution in [0, 0.1) is 5.92 Å². The van der Waals surface area contributed by atoms with E-state index in [1.165, 1.54) is 0 Å². The van der Waals surface area contributed by atoms with Crippen molar-refractivity contribution < 1.29 is 23.1 Å². The van der Waals surface area contributed by atoms with Gasteiger partial charge in [-0.1, -0.05) is 13.8 Å². The first-order valence-electron chi connectivity index (χ1n) is 4.98. The van der Waals surface area contributed by atoms with E-state index in [1.807, 2.05) is 13.8 Å².